The summed E-state index contributed by atoms with van der Waals surface area (Å²) >= 11 is 0. The van der Waals surface area contributed by atoms with E-state index in [1.165, 1.54) is 64.7 Å². The molecule has 190 valence electrons. The number of carbonyl (C=O) groups is 2. The number of nitrogens with zero attached hydrogens (tertiary/aromatic N) is 2. The van der Waals surface area contributed by atoms with Crippen molar-refractivity contribution >= 4 is 11.9 Å². The molecule has 2 fully saturated rings. The molecule has 0 radical (unpaired) electrons. The zero-order chi connectivity index (χ0) is 22.0. The molecule has 0 aromatic carbocycles. The first-order valence-corrected chi connectivity index (χ1v) is 12.3. The topological polar surface area (TPSA) is 52.6 Å². The maximum absolute atomic E-state index is 12.1. The molecule has 0 saturated carbocycles. The van der Waals surface area contributed by atoms with Gasteiger partial charge in [-0.15, -0.1) is 0 Å². The van der Waals surface area contributed by atoms with Gasteiger partial charge in [-0.25, -0.2) is 0 Å². The second-order valence-electron chi connectivity index (χ2n) is 10.4. The summed E-state index contributed by atoms with van der Waals surface area (Å²) in [5.41, 5.74) is 0. The van der Waals surface area contributed by atoms with Gasteiger partial charge >= 0.3 is 11.9 Å². The molecule has 0 spiro atoms. The van der Waals surface area contributed by atoms with Gasteiger partial charge in [0.25, 0.3) is 0 Å². The predicted octanol–water partition coefficient (Wildman–Crippen LogP) is -2.32. The van der Waals surface area contributed by atoms with Crippen molar-refractivity contribution < 1.29 is 76.0 Å². The monoisotopic (exact) mass is 680 g/mol. The number of ether oxygens (including phenoxy) is 2. The summed E-state index contributed by atoms with van der Waals surface area (Å²) in [7, 11) is 4.53. The van der Waals surface area contributed by atoms with E-state index in [2.05, 4.69) is 14.1 Å². The van der Waals surface area contributed by atoms with E-state index in [9.17, 15) is 9.59 Å². The molecule has 6 nitrogen and oxygen atoms in total. The van der Waals surface area contributed by atoms with Crippen LogP contribution in [0.3, 0.4) is 0 Å². The van der Waals surface area contributed by atoms with Crippen LogP contribution in [0.5, 0.6) is 0 Å². The average molecular weight is 680 g/mol. The van der Waals surface area contributed by atoms with Crippen LogP contribution in [0, 0.1) is 0 Å². The van der Waals surface area contributed by atoms with Crippen LogP contribution in [0.15, 0.2) is 0 Å². The van der Waals surface area contributed by atoms with Crippen molar-refractivity contribution in [3.63, 3.8) is 0 Å². The van der Waals surface area contributed by atoms with Gasteiger partial charge in [0, 0.05) is 12.8 Å². The van der Waals surface area contributed by atoms with Crippen LogP contribution in [0.1, 0.15) is 78.1 Å². The molecule has 2 rings (SSSR count). The Morgan fingerprint density at radius 3 is 1.28 bits per heavy atom. The highest BCUT2D eigenvalue weighted by Gasteiger charge is 2.29. The molecule has 2 aliphatic heterocycles. The molecule has 0 aromatic heterocycles. The van der Waals surface area contributed by atoms with Gasteiger partial charge in [0.2, 0.25) is 0 Å². The molecule has 0 aromatic rings. The molecule has 2 saturated heterocycles. The molecule has 0 N–H and O–H groups in total. The Kier molecular flexibility index (Phi) is 16.2. The number of unbranched alkanes of at least 4 members (excludes halogenated alkanes) is 1. The highest BCUT2D eigenvalue weighted by atomic mass is 127. The van der Waals surface area contributed by atoms with E-state index in [4.69, 9.17) is 9.47 Å². The van der Waals surface area contributed by atoms with Gasteiger partial charge in [0.05, 0.1) is 40.3 Å². The maximum Gasteiger partial charge on any atom is 0.306 e. The second-order valence-corrected chi connectivity index (χ2v) is 10.4. The van der Waals surface area contributed by atoms with Crippen LogP contribution >= 0.6 is 0 Å². The number of piperidine rings is 2. The standard InChI is InChI=1S/C24H46N2O4.2HI/c1-21(19-25(3)15-9-5-10-16-25)29-23(27)13-7-8-14-24(28)30-22(2)20-26(4)17-11-6-12-18-26;;/h21-22H,5-20H2,1-4H3;2*1H/q+2;;/p-2. The van der Waals surface area contributed by atoms with Crippen LogP contribution < -0.4 is 48.0 Å². The zero-order valence-electron chi connectivity index (χ0n) is 20.8. The Hall–Kier alpha value is 0.320. The van der Waals surface area contributed by atoms with Gasteiger partial charge in [0.1, 0.15) is 25.3 Å². The van der Waals surface area contributed by atoms with Crippen molar-refractivity contribution in [3.05, 3.63) is 0 Å². The third kappa shape index (κ3) is 12.7. The minimum Gasteiger partial charge on any atom is -1.00 e. The number of carbonyl (C=O) groups excluding carboxylic acids is 2. The van der Waals surface area contributed by atoms with Crippen molar-refractivity contribution in [2.75, 3.05) is 53.4 Å². The molecule has 0 bridgehead atoms. The molecule has 2 aliphatic rings. The van der Waals surface area contributed by atoms with Crippen LogP contribution in [-0.2, 0) is 19.1 Å². The third-order valence-corrected chi connectivity index (χ3v) is 6.86. The first-order chi connectivity index (χ1) is 14.2. The molecular weight excluding hydrogens is 634 g/mol. The summed E-state index contributed by atoms with van der Waals surface area (Å²) in [5, 5.41) is 0. The molecule has 2 atom stereocenters. The summed E-state index contributed by atoms with van der Waals surface area (Å²) in [6, 6.07) is 0. The molecular formula is C24H46I2N2O4. The van der Waals surface area contributed by atoms with E-state index in [0.717, 1.165) is 22.1 Å². The lowest BCUT2D eigenvalue weighted by Gasteiger charge is -2.39. The van der Waals surface area contributed by atoms with E-state index in [0.29, 0.717) is 25.7 Å². The predicted molar refractivity (Wildman–Crippen MR) is 119 cm³/mol. The van der Waals surface area contributed by atoms with Gasteiger partial charge in [-0.05, 0) is 65.2 Å². The van der Waals surface area contributed by atoms with E-state index < -0.39 is 0 Å². The van der Waals surface area contributed by atoms with Crippen molar-refractivity contribution in [1.82, 2.24) is 0 Å². The van der Waals surface area contributed by atoms with E-state index in [1.807, 2.05) is 13.8 Å². The van der Waals surface area contributed by atoms with Gasteiger partial charge in [-0.3, -0.25) is 9.59 Å². The minimum atomic E-state index is -0.143. The van der Waals surface area contributed by atoms with Crippen LogP contribution in [0.25, 0.3) is 0 Å². The number of quaternary nitrogens is 2. The molecule has 2 unspecified atom stereocenters. The molecule has 2 heterocycles. The van der Waals surface area contributed by atoms with Crippen LogP contribution in [0.2, 0.25) is 0 Å². The maximum atomic E-state index is 12.1. The number of halogens is 2. The number of esters is 2. The highest BCUT2D eigenvalue weighted by molar-refractivity contribution is 5.70. The first kappa shape index (κ1) is 32.3. The molecule has 0 amide bonds. The number of hydrogen-bond acceptors (Lipinski definition) is 4. The lowest BCUT2D eigenvalue weighted by molar-refractivity contribution is -0.916. The van der Waals surface area contributed by atoms with E-state index in [-0.39, 0.29) is 72.1 Å². The fourth-order valence-corrected chi connectivity index (χ4v) is 5.34. The Bertz CT molecular complexity index is 502. The average Bonchev–Trinajstić information content (AvgIpc) is 2.65. The van der Waals surface area contributed by atoms with Crippen LogP contribution in [-0.4, -0.2) is 86.5 Å². The smallest absolute Gasteiger partial charge is 0.306 e. The highest BCUT2D eigenvalue weighted by Crippen LogP contribution is 2.19. The summed E-state index contributed by atoms with van der Waals surface area (Å²) in [4.78, 5) is 24.3. The largest absolute Gasteiger partial charge is 1.00 e. The Morgan fingerprint density at radius 2 is 0.969 bits per heavy atom. The molecule has 8 heteroatoms. The molecule has 32 heavy (non-hydrogen) atoms. The third-order valence-electron chi connectivity index (χ3n) is 6.86. The minimum absolute atomic E-state index is 0. The number of likely N-dealkylation sites (tertiary alicyclic amines) is 2. The van der Waals surface area contributed by atoms with Gasteiger partial charge in [-0.1, -0.05) is 0 Å². The number of rotatable bonds is 11. The normalized spacial score (nSPS) is 21.2. The SMILES string of the molecule is CC(C[N+]1(C)CCCCC1)OC(=O)CCCCC(=O)OC(C)C[N+]1(C)CCCCC1.[I-].[I-]. The van der Waals surface area contributed by atoms with E-state index >= 15 is 0 Å². The zero-order valence-corrected chi connectivity index (χ0v) is 25.1. The Balaban J connectivity index is 0.00000480. The summed E-state index contributed by atoms with van der Waals surface area (Å²) < 4.78 is 13.2. The van der Waals surface area contributed by atoms with Crippen LogP contribution in [0.4, 0.5) is 0 Å². The fourth-order valence-electron chi connectivity index (χ4n) is 5.34. The summed E-state index contributed by atoms with van der Waals surface area (Å²) in [5.74, 6) is -0.286. The lowest BCUT2D eigenvalue weighted by Crippen LogP contribution is -3.00. The van der Waals surface area contributed by atoms with E-state index in [1.54, 1.807) is 0 Å². The van der Waals surface area contributed by atoms with Crippen molar-refractivity contribution in [2.24, 2.45) is 0 Å². The Labute approximate surface area is 230 Å². The lowest BCUT2D eigenvalue weighted by atomic mass is 10.1. The van der Waals surface area contributed by atoms with Crippen molar-refractivity contribution in [3.8, 4) is 0 Å². The quantitative estimate of drug-likeness (QED) is 0.107. The summed E-state index contributed by atoms with van der Waals surface area (Å²) in [6.45, 7) is 10.5. The molecule has 0 aliphatic carbocycles. The van der Waals surface area contributed by atoms with Gasteiger partial charge in [-0.2, -0.15) is 0 Å². The number of hydrogen-bond donors (Lipinski definition) is 0. The van der Waals surface area contributed by atoms with Crippen molar-refractivity contribution in [2.45, 2.75) is 90.3 Å². The second kappa shape index (κ2) is 16.1. The van der Waals surface area contributed by atoms with Gasteiger partial charge < -0.3 is 66.4 Å². The van der Waals surface area contributed by atoms with Crippen molar-refractivity contribution in [1.29, 1.82) is 0 Å². The van der Waals surface area contributed by atoms with Gasteiger partial charge in [0.15, 0.2) is 0 Å². The summed E-state index contributed by atoms with van der Waals surface area (Å²) in [6.07, 6.45) is 9.73. The number of likely N-dealkylation sites (N-methyl/N-ethyl adjacent to an activating group) is 2. The fraction of sp³-hybridized carbons (Fsp3) is 0.917. The first-order valence-electron chi connectivity index (χ1n) is 12.3. The Morgan fingerprint density at radius 1 is 0.656 bits per heavy atom.